The van der Waals surface area contributed by atoms with E-state index in [9.17, 15) is 9.59 Å². The van der Waals surface area contributed by atoms with Crippen molar-refractivity contribution in [3.05, 3.63) is 65.7 Å². The minimum absolute atomic E-state index is 0.0632. The molecule has 1 aliphatic rings. The van der Waals surface area contributed by atoms with Gasteiger partial charge in [0.05, 0.1) is 6.04 Å². The van der Waals surface area contributed by atoms with Crippen molar-refractivity contribution in [2.75, 3.05) is 5.32 Å². The molecule has 1 atom stereocenters. The first-order chi connectivity index (χ1) is 12.7. The fraction of sp³-hybridized carbons (Fsp3) is 0.391. The summed E-state index contributed by atoms with van der Waals surface area (Å²) in [6, 6.07) is 17.5. The van der Waals surface area contributed by atoms with Gasteiger partial charge in [-0.1, -0.05) is 63.2 Å². The Kier molecular flexibility index (Phi) is 5.09. The number of carbonyl (C=O) groups excluding carboxylic acids is 2. The fourth-order valence-corrected chi connectivity index (χ4v) is 3.15. The van der Waals surface area contributed by atoms with Crippen LogP contribution in [0.5, 0.6) is 0 Å². The Labute approximate surface area is 161 Å². The van der Waals surface area contributed by atoms with Gasteiger partial charge in [-0.25, -0.2) is 0 Å². The van der Waals surface area contributed by atoms with Crippen LogP contribution >= 0.6 is 0 Å². The Bertz CT molecular complexity index is 816. The molecule has 2 aromatic rings. The third-order valence-corrected chi connectivity index (χ3v) is 5.28. The van der Waals surface area contributed by atoms with Crippen molar-refractivity contribution in [1.29, 1.82) is 0 Å². The van der Waals surface area contributed by atoms with E-state index >= 15 is 0 Å². The van der Waals surface area contributed by atoms with Crippen molar-refractivity contribution in [3.8, 4) is 0 Å². The molecule has 2 aromatic carbocycles. The van der Waals surface area contributed by atoms with Gasteiger partial charge in [-0.3, -0.25) is 9.59 Å². The molecule has 1 aliphatic carbocycles. The molecule has 1 unspecified atom stereocenters. The van der Waals surface area contributed by atoms with Crippen LogP contribution in [0.2, 0.25) is 0 Å². The molecule has 1 fully saturated rings. The SMILES string of the molecule is CC(NC(=O)C1(C(=O)Nc2ccc(C(C)(C)C)cc2)CC1)c1ccccc1. The zero-order valence-corrected chi connectivity index (χ0v) is 16.5. The molecule has 2 N–H and O–H groups in total. The second-order valence-electron chi connectivity index (χ2n) is 8.47. The molecule has 0 saturated heterocycles. The standard InChI is InChI=1S/C23H28N2O2/c1-16(17-8-6-5-7-9-17)24-20(26)23(14-15-23)21(27)25-19-12-10-18(11-13-19)22(2,3)4/h5-13,16H,14-15H2,1-4H3,(H,24,26)(H,25,27). The number of amides is 2. The second kappa shape index (κ2) is 7.18. The number of rotatable bonds is 5. The Morgan fingerprint density at radius 1 is 0.926 bits per heavy atom. The number of benzene rings is 2. The van der Waals surface area contributed by atoms with Crippen molar-refractivity contribution < 1.29 is 9.59 Å². The predicted octanol–water partition coefficient (Wildman–Crippen LogP) is 4.58. The van der Waals surface area contributed by atoms with Crippen LogP contribution in [-0.2, 0) is 15.0 Å². The van der Waals surface area contributed by atoms with Crippen LogP contribution in [0.1, 0.15) is 57.7 Å². The van der Waals surface area contributed by atoms with Gasteiger partial charge >= 0.3 is 0 Å². The van der Waals surface area contributed by atoms with Gasteiger partial charge in [0.15, 0.2) is 0 Å². The zero-order chi connectivity index (χ0) is 19.7. The van der Waals surface area contributed by atoms with Crippen LogP contribution in [-0.4, -0.2) is 11.8 Å². The smallest absolute Gasteiger partial charge is 0.240 e. The average Bonchev–Trinajstić information content (AvgIpc) is 3.44. The molecule has 4 heteroatoms. The van der Waals surface area contributed by atoms with E-state index < -0.39 is 5.41 Å². The van der Waals surface area contributed by atoms with Gasteiger partial charge in [-0.2, -0.15) is 0 Å². The summed E-state index contributed by atoms with van der Waals surface area (Å²) in [7, 11) is 0. The maximum absolute atomic E-state index is 12.8. The van der Waals surface area contributed by atoms with Crippen LogP contribution in [0.3, 0.4) is 0 Å². The van der Waals surface area contributed by atoms with Crippen molar-refractivity contribution in [1.82, 2.24) is 5.32 Å². The number of anilines is 1. The maximum Gasteiger partial charge on any atom is 0.240 e. The lowest BCUT2D eigenvalue weighted by Gasteiger charge is -2.21. The van der Waals surface area contributed by atoms with Crippen LogP contribution in [0.25, 0.3) is 0 Å². The van der Waals surface area contributed by atoms with Gasteiger partial charge in [-0.05, 0) is 48.4 Å². The summed E-state index contributed by atoms with van der Waals surface area (Å²) < 4.78 is 0. The van der Waals surface area contributed by atoms with E-state index in [-0.39, 0.29) is 23.3 Å². The van der Waals surface area contributed by atoms with Gasteiger partial charge in [0.2, 0.25) is 11.8 Å². The van der Waals surface area contributed by atoms with E-state index in [1.165, 1.54) is 5.56 Å². The summed E-state index contributed by atoms with van der Waals surface area (Å²) in [6.45, 7) is 8.39. The lowest BCUT2D eigenvalue weighted by Crippen LogP contribution is -2.41. The van der Waals surface area contributed by atoms with Crippen LogP contribution in [0.15, 0.2) is 54.6 Å². The summed E-state index contributed by atoms with van der Waals surface area (Å²) in [6.07, 6.45) is 1.18. The quantitative estimate of drug-likeness (QED) is 0.763. The maximum atomic E-state index is 12.8. The topological polar surface area (TPSA) is 58.2 Å². The van der Waals surface area contributed by atoms with Gasteiger partial charge in [0.25, 0.3) is 0 Å². The van der Waals surface area contributed by atoms with Crippen LogP contribution in [0, 0.1) is 5.41 Å². The van der Waals surface area contributed by atoms with E-state index in [1.54, 1.807) is 0 Å². The van der Waals surface area contributed by atoms with E-state index in [2.05, 4.69) is 31.4 Å². The summed E-state index contributed by atoms with van der Waals surface area (Å²) in [5.74, 6) is -0.411. The number of nitrogens with one attached hydrogen (secondary N) is 2. The molecule has 0 aromatic heterocycles. The molecule has 142 valence electrons. The molecule has 0 radical (unpaired) electrons. The number of hydrogen-bond acceptors (Lipinski definition) is 2. The second-order valence-corrected chi connectivity index (χ2v) is 8.47. The summed E-state index contributed by atoms with van der Waals surface area (Å²) in [5.41, 5.74) is 2.08. The molecule has 0 heterocycles. The molecule has 27 heavy (non-hydrogen) atoms. The van der Waals surface area contributed by atoms with Crippen molar-refractivity contribution in [2.24, 2.45) is 5.41 Å². The molecule has 2 amide bonds. The molecule has 1 saturated carbocycles. The first kappa shape index (κ1) is 19.2. The molecular weight excluding hydrogens is 336 g/mol. The Balaban J connectivity index is 1.64. The highest BCUT2D eigenvalue weighted by atomic mass is 16.2. The van der Waals surface area contributed by atoms with Gasteiger partial charge < -0.3 is 10.6 Å². The van der Waals surface area contributed by atoms with E-state index in [1.807, 2.05) is 61.5 Å². The molecule has 0 bridgehead atoms. The zero-order valence-electron chi connectivity index (χ0n) is 16.5. The lowest BCUT2D eigenvalue weighted by atomic mass is 9.87. The highest BCUT2D eigenvalue weighted by Crippen LogP contribution is 2.47. The van der Waals surface area contributed by atoms with E-state index in [0.717, 1.165) is 11.3 Å². The predicted molar refractivity (Wildman–Crippen MR) is 108 cm³/mol. The molecule has 3 rings (SSSR count). The van der Waals surface area contributed by atoms with Crippen LogP contribution in [0.4, 0.5) is 5.69 Å². The van der Waals surface area contributed by atoms with Gasteiger partial charge in [0.1, 0.15) is 5.41 Å². The normalized spacial score (nSPS) is 16.3. The van der Waals surface area contributed by atoms with Crippen molar-refractivity contribution >= 4 is 17.5 Å². The summed E-state index contributed by atoms with van der Waals surface area (Å²) in [5, 5.41) is 5.91. The third-order valence-electron chi connectivity index (χ3n) is 5.28. The van der Waals surface area contributed by atoms with Crippen molar-refractivity contribution in [2.45, 2.75) is 52.0 Å². The highest BCUT2D eigenvalue weighted by molar-refractivity contribution is 6.13. The third kappa shape index (κ3) is 4.21. The largest absolute Gasteiger partial charge is 0.349 e. The van der Waals surface area contributed by atoms with E-state index in [0.29, 0.717) is 12.8 Å². The Morgan fingerprint density at radius 3 is 2.04 bits per heavy atom. The van der Waals surface area contributed by atoms with Gasteiger partial charge in [0, 0.05) is 5.69 Å². The molecule has 4 nitrogen and oxygen atoms in total. The average molecular weight is 364 g/mol. The van der Waals surface area contributed by atoms with Crippen LogP contribution < -0.4 is 10.6 Å². The van der Waals surface area contributed by atoms with Gasteiger partial charge in [-0.15, -0.1) is 0 Å². The number of carbonyl (C=O) groups is 2. The first-order valence-corrected chi connectivity index (χ1v) is 9.50. The Morgan fingerprint density at radius 2 is 1.52 bits per heavy atom. The van der Waals surface area contributed by atoms with E-state index in [4.69, 9.17) is 0 Å². The lowest BCUT2D eigenvalue weighted by molar-refractivity contribution is -0.134. The molecular formula is C23H28N2O2. The first-order valence-electron chi connectivity index (χ1n) is 9.50. The Hall–Kier alpha value is -2.62. The molecule has 0 aliphatic heterocycles. The summed E-state index contributed by atoms with van der Waals surface area (Å²) in [4.78, 5) is 25.5. The molecule has 0 spiro atoms. The summed E-state index contributed by atoms with van der Waals surface area (Å²) >= 11 is 0. The monoisotopic (exact) mass is 364 g/mol. The van der Waals surface area contributed by atoms with Crippen molar-refractivity contribution in [3.63, 3.8) is 0 Å². The number of hydrogen-bond donors (Lipinski definition) is 2. The fourth-order valence-electron chi connectivity index (χ4n) is 3.15. The highest BCUT2D eigenvalue weighted by Gasteiger charge is 2.56. The minimum Gasteiger partial charge on any atom is -0.349 e. The minimum atomic E-state index is -0.939.